The van der Waals surface area contributed by atoms with Crippen LogP contribution >= 0.6 is 0 Å². The molecule has 0 fully saturated rings. The Hall–Kier alpha value is -2.82. The number of hydrogen-bond donors (Lipinski definition) is 2. The van der Waals surface area contributed by atoms with Crippen molar-refractivity contribution in [3.8, 4) is 28.3 Å². The van der Waals surface area contributed by atoms with E-state index in [4.69, 9.17) is 10.5 Å². The number of nitrogen functional groups attached to an aromatic ring is 1. The average molecular weight is 266 g/mol. The summed E-state index contributed by atoms with van der Waals surface area (Å²) < 4.78 is 5.35. The van der Waals surface area contributed by atoms with Gasteiger partial charge < -0.3 is 10.5 Å². The van der Waals surface area contributed by atoms with Gasteiger partial charge in [0.25, 0.3) is 0 Å². The van der Waals surface area contributed by atoms with E-state index in [1.807, 2.05) is 36.4 Å². The molecule has 0 spiro atoms. The molecule has 1 aromatic carbocycles. The molecule has 0 aliphatic rings. The highest BCUT2D eigenvalue weighted by atomic mass is 16.5. The first-order chi connectivity index (χ1) is 9.78. The summed E-state index contributed by atoms with van der Waals surface area (Å²) in [7, 11) is 1.65. The van der Waals surface area contributed by atoms with Crippen molar-refractivity contribution in [2.45, 2.75) is 0 Å². The van der Waals surface area contributed by atoms with Gasteiger partial charge in [-0.2, -0.15) is 5.10 Å². The van der Waals surface area contributed by atoms with Crippen molar-refractivity contribution in [2.24, 2.45) is 0 Å². The first-order valence-corrected chi connectivity index (χ1v) is 6.18. The SMILES string of the molecule is COc1ccccc1-c1cc(-c2ccc(N)nc2)n[nH]1. The van der Waals surface area contributed by atoms with Gasteiger partial charge in [0, 0.05) is 17.3 Å². The summed E-state index contributed by atoms with van der Waals surface area (Å²) in [6, 6.07) is 13.4. The highest BCUT2D eigenvalue weighted by Crippen LogP contribution is 2.30. The number of nitrogens with two attached hydrogens (primary N) is 1. The molecule has 0 aliphatic carbocycles. The van der Waals surface area contributed by atoms with E-state index < -0.39 is 0 Å². The molecule has 0 radical (unpaired) electrons. The van der Waals surface area contributed by atoms with E-state index >= 15 is 0 Å². The van der Waals surface area contributed by atoms with E-state index in [9.17, 15) is 0 Å². The fourth-order valence-corrected chi connectivity index (χ4v) is 2.03. The lowest BCUT2D eigenvalue weighted by atomic mass is 10.1. The number of aromatic nitrogens is 3. The van der Waals surface area contributed by atoms with Crippen molar-refractivity contribution < 1.29 is 4.74 Å². The standard InChI is InChI=1S/C15H14N4O/c1-20-14-5-3-2-4-11(14)13-8-12(18-19-13)10-6-7-15(16)17-9-10/h2-9H,1H3,(H2,16,17)(H,18,19). The van der Waals surface area contributed by atoms with Crippen LogP contribution in [0.3, 0.4) is 0 Å². The molecule has 0 bridgehead atoms. The molecule has 2 heterocycles. The molecule has 0 amide bonds. The van der Waals surface area contributed by atoms with Crippen LogP contribution in [0.4, 0.5) is 5.82 Å². The molecule has 0 atom stereocenters. The van der Waals surface area contributed by atoms with E-state index in [1.54, 1.807) is 19.4 Å². The first-order valence-electron chi connectivity index (χ1n) is 6.18. The summed E-state index contributed by atoms with van der Waals surface area (Å²) in [6.07, 6.45) is 1.71. The third-order valence-electron chi connectivity index (χ3n) is 3.06. The molecule has 0 saturated carbocycles. The van der Waals surface area contributed by atoms with Crippen molar-refractivity contribution in [1.29, 1.82) is 0 Å². The summed E-state index contributed by atoms with van der Waals surface area (Å²) in [5.41, 5.74) is 9.18. The monoisotopic (exact) mass is 266 g/mol. The summed E-state index contributed by atoms with van der Waals surface area (Å²) in [6.45, 7) is 0. The minimum Gasteiger partial charge on any atom is -0.496 e. The van der Waals surface area contributed by atoms with Gasteiger partial charge in [0.05, 0.1) is 18.5 Å². The number of nitrogens with one attached hydrogen (secondary N) is 1. The fourth-order valence-electron chi connectivity index (χ4n) is 2.03. The molecular formula is C15H14N4O. The number of H-pyrrole nitrogens is 1. The minimum atomic E-state index is 0.495. The minimum absolute atomic E-state index is 0.495. The number of methoxy groups -OCH3 is 1. The topological polar surface area (TPSA) is 76.8 Å². The number of ether oxygens (including phenoxy) is 1. The van der Waals surface area contributed by atoms with Gasteiger partial charge in [-0.3, -0.25) is 5.10 Å². The highest BCUT2D eigenvalue weighted by Gasteiger charge is 2.09. The van der Waals surface area contributed by atoms with Crippen LogP contribution in [0.15, 0.2) is 48.7 Å². The largest absolute Gasteiger partial charge is 0.496 e. The van der Waals surface area contributed by atoms with Gasteiger partial charge in [-0.25, -0.2) is 4.98 Å². The van der Waals surface area contributed by atoms with Crippen LogP contribution < -0.4 is 10.5 Å². The lowest BCUT2D eigenvalue weighted by Gasteiger charge is -2.05. The van der Waals surface area contributed by atoms with Gasteiger partial charge in [0.1, 0.15) is 11.6 Å². The summed E-state index contributed by atoms with van der Waals surface area (Å²) >= 11 is 0. The Balaban J connectivity index is 2.00. The van der Waals surface area contributed by atoms with Gasteiger partial charge in [0.15, 0.2) is 0 Å². The second-order valence-electron chi connectivity index (χ2n) is 4.34. The van der Waals surface area contributed by atoms with Crippen LogP contribution in [-0.4, -0.2) is 22.3 Å². The average Bonchev–Trinajstić information content (AvgIpc) is 2.97. The van der Waals surface area contributed by atoms with Gasteiger partial charge in [-0.1, -0.05) is 12.1 Å². The van der Waals surface area contributed by atoms with Crippen LogP contribution in [-0.2, 0) is 0 Å². The number of aromatic amines is 1. The Labute approximate surface area is 116 Å². The number of hydrogen-bond acceptors (Lipinski definition) is 4. The summed E-state index contributed by atoms with van der Waals surface area (Å²) in [4.78, 5) is 4.07. The molecule has 3 N–H and O–H groups in total. The Bertz CT molecular complexity index is 719. The van der Waals surface area contributed by atoms with Crippen LogP contribution in [0.2, 0.25) is 0 Å². The van der Waals surface area contributed by atoms with E-state index in [0.29, 0.717) is 5.82 Å². The molecule has 2 aromatic heterocycles. The number of rotatable bonds is 3. The maximum Gasteiger partial charge on any atom is 0.128 e. The predicted octanol–water partition coefficient (Wildman–Crippen LogP) is 2.73. The van der Waals surface area contributed by atoms with Gasteiger partial charge in [-0.15, -0.1) is 0 Å². The van der Waals surface area contributed by atoms with Crippen molar-refractivity contribution in [1.82, 2.24) is 15.2 Å². The van der Waals surface area contributed by atoms with Crippen LogP contribution in [0.1, 0.15) is 0 Å². The molecular weight excluding hydrogens is 252 g/mol. The normalized spacial score (nSPS) is 10.4. The van der Waals surface area contributed by atoms with Crippen molar-refractivity contribution in [3.05, 3.63) is 48.7 Å². The summed E-state index contributed by atoms with van der Waals surface area (Å²) in [5.74, 6) is 1.30. The number of benzene rings is 1. The molecule has 0 aliphatic heterocycles. The maximum atomic E-state index is 5.58. The zero-order valence-corrected chi connectivity index (χ0v) is 11.0. The third kappa shape index (κ3) is 2.21. The smallest absolute Gasteiger partial charge is 0.128 e. The third-order valence-corrected chi connectivity index (χ3v) is 3.06. The molecule has 0 unspecified atom stereocenters. The van der Waals surface area contributed by atoms with E-state index in [1.165, 1.54) is 0 Å². The Kier molecular flexibility index (Phi) is 3.09. The fraction of sp³-hybridized carbons (Fsp3) is 0.0667. The van der Waals surface area contributed by atoms with Crippen LogP contribution in [0.5, 0.6) is 5.75 Å². The number of para-hydroxylation sites is 1. The molecule has 3 rings (SSSR count). The van der Waals surface area contributed by atoms with E-state index in [0.717, 1.165) is 28.3 Å². The predicted molar refractivity (Wildman–Crippen MR) is 78.2 cm³/mol. The molecule has 0 saturated heterocycles. The second-order valence-corrected chi connectivity index (χ2v) is 4.34. The van der Waals surface area contributed by atoms with Crippen molar-refractivity contribution in [2.75, 3.05) is 12.8 Å². The lowest BCUT2D eigenvalue weighted by Crippen LogP contribution is -1.88. The Morgan fingerprint density at radius 3 is 2.75 bits per heavy atom. The van der Waals surface area contributed by atoms with Gasteiger partial charge >= 0.3 is 0 Å². The van der Waals surface area contributed by atoms with Crippen molar-refractivity contribution in [3.63, 3.8) is 0 Å². The van der Waals surface area contributed by atoms with Crippen LogP contribution in [0, 0.1) is 0 Å². The van der Waals surface area contributed by atoms with E-state index in [-0.39, 0.29) is 0 Å². The zero-order chi connectivity index (χ0) is 13.9. The number of nitrogens with zero attached hydrogens (tertiary/aromatic N) is 2. The van der Waals surface area contributed by atoms with E-state index in [2.05, 4.69) is 15.2 Å². The Morgan fingerprint density at radius 1 is 1.15 bits per heavy atom. The van der Waals surface area contributed by atoms with Gasteiger partial charge in [-0.05, 0) is 30.3 Å². The number of pyridine rings is 1. The molecule has 5 nitrogen and oxygen atoms in total. The van der Waals surface area contributed by atoms with Crippen molar-refractivity contribution >= 4 is 5.82 Å². The lowest BCUT2D eigenvalue weighted by molar-refractivity contribution is 0.416. The maximum absolute atomic E-state index is 5.58. The molecule has 3 aromatic rings. The summed E-state index contributed by atoms with van der Waals surface area (Å²) in [5, 5.41) is 7.33. The Morgan fingerprint density at radius 2 is 2.00 bits per heavy atom. The first kappa shape index (κ1) is 12.2. The highest BCUT2D eigenvalue weighted by molar-refractivity contribution is 5.72. The molecule has 20 heavy (non-hydrogen) atoms. The van der Waals surface area contributed by atoms with Gasteiger partial charge in [0.2, 0.25) is 0 Å². The second kappa shape index (κ2) is 5.05. The quantitative estimate of drug-likeness (QED) is 0.764. The molecule has 5 heteroatoms. The molecule has 100 valence electrons. The van der Waals surface area contributed by atoms with Crippen LogP contribution in [0.25, 0.3) is 22.5 Å². The zero-order valence-electron chi connectivity index (χ0n) is 11.0. The number of anilines is 1.